The number of amides is 1. The van der Waals surface area contributed by atoms with E-state index in [1.165, 1.54) is 19.3 Å². The van der Waals surface area contributed by atoms with E-state index in [0.717, 1.165) is 22.1 Å². The molecule has 7 heteroatoms. The summed E-state index contributed by atoms with van der Waals surface area (Å²) < 4.78 is 0. The predicted molar refractivity (Wildman–Crippen MR) is 115 cm³/mol. The number of anilines is 3. The highest BCUT2D eigenvalue weighted by atomic mass is 16.4. The van der Waals surface area contributed by atoms with Crippen LogP contribution in [0.25, 0.3) is 21.8 Å². The van der Waals surface area contributed by atoms with Crippen LogP contribution in [0.2, 0.25) is 0 Å². The normalized spacial score (nSPS) is 12.1. The summed E-state index contributed by atoms with van der Waals surface area (Å²) in [4.78, 5) is 30.0. The van der Waals surface area contributed by atoms with Crippen molar-refractivity contribution in [2.24, 2.45) is 0 Å². The Balaban J connectivity index is 0.000000626. The number of H-pyrrole nitrogens is 1. The van der Waals surface area contributed by atoms with E-state index in [4.69, 9.17) is 5.11 Å². The molecule has 0 unspecified atom stereocenters. The van der Waals surface area contributed by atoms with E-state index >= 15 is 0 Å². The Morgan fingerprint density at radius 1 is 0.931 bits per heavy atom. The molecule has 4 aromatic rings. The van der Waals surface area contributed by atoms with E-state index in [1.54, 1.807) is 36.5 Å². The second-order valence-electron chi connectivity index (χ2n) is 6.77. The number of aromatic amines is 1. The van der Waals surface area contributed by atoms with Crippen molar-refractivity contribution >= 4 is 45.0 Å². The number of aromatic nitrogens is 2. The average molecular weight is 388 g/mol. The van der Waals surface area contributed by atoms with Gasteiger partial charge in [0.15, 0.2) is 0 Å². The Morgan fingerprint density at radius 2 is 1.59 bits per heavy atom. The van der Waals surface area contributed by atoms with Crippen LogP contribution in [0.5, 0.6) is 0 Å². The Kier molecular flexibility index (Phi) is 5.11. The summed E-state index contributed by atoms with van der Waals surface area (Å²) in [6, 6.07) is 16.1. The molecule has 1 fully saturated rings. The number of rotatable bonds is 3. The standard InChI is InChI=1S/C19H14N4O3.C3H6/c24-18-14-4-2-1-3-13(14)16-15(9-10-20-17(16)23-18)21-11-5-7-12(8-6-11)22-19(25)26;1-2-3-1/h1-10,22H,(H,25,26)(H2,20,21,23,24);1-3H2. The molecule has 0 atom stereocenters. The van der Waals surface area contributed by atoms with Gasteiger partial charge >= 0.3 is 6.09 Å². The summed E-state index contributed by atoms with van der Waals surface area (Å²) in [5.41, 5.74) is 2.38. The molecule has 1 aliphatic rings. The average Bonchev–Trinajstić information content (AvgIpc) is 3.59. The van der Waals surface area contributed by atoms with Crippen molar-refractivity contribution in [3.05, 3.63) is 71.1 Å². The minimum atomic E-state index is -1.11. The van der Waals surface area contributed by atoms with Gasteiger partial charge in [-0.2, -0.15) is 0 Å². The Hall–Kier alpha value is -3.87. The van der Waals surface area contributed by atoms with Crippen molar-refractivity contribution in [1.29, 1.82) is 0 Å². The zero-order valence-corrected chi connectivity index (χ0v) is 15.6. The van der Waals surface area contributed by atoms with E-state index in [2.05, 4.69) is 20.6 Å². The van der Waals surface area contributed by atoms with E-state index < -0.39 is 6.09 Å². The van der Waals surface area contributed by atoms with Crippen LogP contribution in [-0.2, 0) is 0 Å². The number of pyridine rings is 2. The molecule has 146 valence electrons. The van der Waals surface area contributed by atoms with Crippen LogP contribution in [0.15, 0.2) is 65.6 Å². The highest BCUT2D eigenvalue weighted by Crippen LogP contribution is 2.29. The van der Waals surface area contributed by atoms with Crippen LogP contribution in [0.3, 0.4) is 0 Å². The molecule has 29 heavy (non-hydrogen) atoms. The summed E-state index contributed by atoms with van der Waals surface area (Å²) in [6.07, 6.45) is 5.01. The zero-order valence-electron chi connectivity index (χ0n) is 15.6. The van der Waals surface area contributed by atoms with Crippen LogP contribution in [-0.4, -0.2) is 21.2 Å². The Labute approximate surface area is 166 Å². The third kappa shape index (κ3) is 4.35. The number of hydrogen-bond donors (Lipinski definition) is 4. The molecule has 4 N–H and O–H groups in total. The third-order valence-electron chi connectivity index (χ3n) is 4.39. The monoisotopic (exact) mass is 388 g/mol. The number of fused-ring (bicyclic) bond motifs is 3. The number of hydrogen-bond acceptors (Lipinski definition) is 4. The van der Waals surface area contributed by atoms with Crippen LogP contribution < -0.4 is 16.2 Å². The maximum atomic E-state index is 12.2. The van der Waals surface area contributed by atoms with Crippen LogP contribution in [0.1, 0.15) is 19.3 Å². The Bertz CT molecular complexity index is 1230. The highest BCUT2D eigenvalue weighted by molar-refractivity contribution is 6.10. The second kappa shape index (κ2) is 8.02. The van der Waals surface area contributed by atoms with Crippen molar-refractivity contribution in [2.75, 3.05) is 10.6 Å². The number of carbonyl (C=O) groups is 1. The van der Waals surface area contributed by atoms with Crippen LogP contribution >= 0.6 is 0 Å². The molecule has 1 amide bonds. The molecule has 7 nitrogen and oxygen atoms in total. The largest absolute Gasteiger partial charge is 0.465 e. The molecule has 0 radical (unpaired) electrons. The van der Waals surface area contributed by atoms with Gasteiger partial charge in [0.05, 0.1) is 5.69 Å². The first-order chi connectivity index (χ1) is 14.1. The van der Waals surface area contributed by atoms with Gasteiger partial charge in [-0.3, -0.25) is 10.1 Å². The minimum Gasteiger partial charge on any atom is -0.465 e. The van der Waals surface area contributed by atoms with Crippen molar-refractivity contribution in [3.63, 3.8) is 0 Å². The molecule has 1 aliphatic carbocycles. The lowest BCUT2D eigenvalue weighted by Crippen LogP contribution is -2.08. The fourth-order valence-corrected chi connectivity index (χ4v) is 2.92. The van der Waals surface area contributed by atoms with E-state index in [0.29, 0.717) is 16.7 Å². The van der Waals surface area contributed by atoms with Crippen LogP contribution in [0.4, 0.5) is 21.9 Å². The summed E-state index contributed by atoms with van der Waals surface area (Å²) in [6.45, 7) is 0. The first-order valence-corrected chi connectivity index (χ1v) is 9.38. The summed E-state index contributed by atoms with van der Waals surface area (Å²) in [5, 5.41) is 16.6. The molecule has 2 aromatic heterocycles. The lowest BCUT2D eigenvalue weighted by atomic mass is 10.1. The smallest absolute Gasteiger partial charge is 0.409 e. The third-order valence-corrected chi connectivity index (χ3v) is 4.39. The number of nitrogens with zero attached hydrogens (tertiary/aromatic N) is 1. The first kappa shape index (κ1) is 18.5. The van der Waals surface area contributed by atoms with Gasteiger partial charge in [-0.25, -0.2) is 9.78 Å². The van der Waals surface area contributed by atoms with Gasteiger partial charge in [0.1, 0.15) is 5.65 Å². The van der Waals surface area contributed by atoms with Gasteiger partial charge < -0.3 is 15.4 Å². The molecule has 0 spiro atoms. The molecule has 0 aliphatic heterocycles. The predicted octanol–water partition coefficient (Wildman–Crippen LogP) is 5.08. The number of nitrogens with one attached hydrogen (secondary N) is 3. The van der Waals surface area contributed by atoms with E-state index in [9.17, 15) is 9.59 Å². The van der Waals surface area contributed by atoms with Gasteiger partial charge in [0.2, 0.25) is 0 Å². The molecule has 0 bridgehead atoms. The van der Waals surface area contributed by atoms with Gasteiger partial charge in [-0.1, -0.05) is 37.5 Å². The molecule has 2 heterocycles. The fourth-order valence-electron chi connectivity index (χ4n) is 2.92. The fraction of sp³-hybridized carbons (Fsp3) is 0.136. The molecular formula is C22H20N4O3. The van der Waals surface area contributed by atoms with Gasteiger partial charge in [-0.05, 0) is 36.4 Å². The van der Waals surface area contributed by atoms with E-state index in [-0.39, 0.29) is 5.56 Å². The quantitative estimate of drug-likeness (QED) is 0.366. The van der Waals surface area contributed by atoms with Crippen molar-refractivity contribution in [1.82, 2.24) is 9.97 Å². The first-order valence-electron chi connectivity index (χ1n) is 9.38. The molecular weight excluding hydrogens is 368 g/mol. The summed E-state index contributed by atoms with van der Waals surface area (Å²) >= 11 is 0. The molecule has 0 saturated heterocycles. The summed E-state index contributed by atoms with van der Waals surface area (Å²) in [5.74, 6) is 0. The Morgan fingerprint density at radius 3 is 2.24 bits per heavy atom. The van der Waals surface area contributed by atoms with Crippen molar-refractivity contribution < 1.29 is 9.90 Å². The van der Waals surface area contributed by atoms with Gasteiger partial charge in [0.25, 0.3) is 5.56 Å². The lowest BCUT2D eigenvalue weighted by Gasteiger charge is -2.12. The van der Waals surface area contributed by atoms with Gasteiger partial charge in [0, 0.05) is 33.7 Å². The lowest BCUT2D eigenvalue weighted by molar-refractivity contribution is 0.210. The molecule has 2 aromatic carbocycles. The molecule has 5 rings (SSSR count). The molecule has 1 saturated carbocycles. The maximum absolute atomic E-state index is 12.2. The number of benzene rings is 2. The highest BCUT2D eigenvalue weighted by Gasteiger charge is 2.10. The zero-order chi connectivity index (χ0) is 20.2. The maximum Gasteiger partial charge on any atom is 0.409 e. The minimum absolute atomic E-state index is 0.179. The van der Waals surface area contributed by atoms with Crippen molar-refractivity contribution in [2.45, 2.75) is 19.3 Å². The van der Waals surface area contributed by atoms with E-state index in [1.807, 2.05) is 24.3 Å². The van der Waals surface area contributed by atoms with Gasteiger partial charge in [-0.15, -0.1) is 0 Å². The SMILES string of the molecule is C1CC1.O=C(O)Nc1ccc(Nc2ccnc3[nH]c(=O)c4ccccc4c23)cc1. The van der Waals surface area contributed by atoms with Crippen LogP contribution in [0, 0.1) is 0 Å². The number of carboxylic acid groups (broad SMARTS) is 1. The van der Waals surface area contributed by atoms with Crippen molar-refractivity contribution in [3.8, 4) is 0 Å². The second-order valence-corrected chi connectivity index (χ2v) is 6.77. The summed E-state index contributed by atoms with van der Waals surface area (Å²) in [7, 11) is 0. The topological polar surface area (TPSA) is 107 Å².